The van der Waals surface area contributed by atoms with Crippen LogP contribution >= 0.6 is 12.2 Å². The molecule has 1 rings (SSSR count). The van der Waals surface area contributed by atoms with E-state index >= 15 is 0 Å². The van der Waals surface area contributed by atoms with Crippen LogP contribution in [0, 0.1) is 4.77 Å². The van der Waals surface area contributed by atoms with E-state index in [1.54, 1.807) is 6.33 Å². The number of hydrogen-bond acceptors (Lipinski definition) is 3. The van der Waals surface area contributed by atoms with Crippen LogP contribution in [0.5, 0.6) is 0 Å². The minimum atomic E-state index is 0.246. The molecule has 0 aromatic carbocycles. The summed E-state index contributed by atoms with van der Waals surface area (Å²) in [6.45, 7) is 5.42. The molecular weight excluding hydrogens is 174 g/mol. The molecule has 4 nitrogen and oxygen atoms in total. The summed E-state index contributed by atoms with van der Waals surface area (Å²) in [6, 6.07) is 0.246. The Morgan fingerprint density at radius 1 is 1.83 bits per heavy atom. The first-order valence-electron chi connectivity index (χ1n) is 3.95. The Labute approximate surface area is 76.6 Å². The van der Waals surface area contributed by atoms with Crippen LogP contribution in [-0.4, -0.2) is 28.0 Å². The molecule has 0 aliphatic carbocycles. The Kier molecular flexibility index (Phi) is 3.43. The maximum Gasteiger partial charge on any atom is 0.195 e. The van der Waals surface area contributed by atoms with Crippen molar-refractivity contribution in [3.8, 4) is 0 Å². The number of hydrogen-bond donors (Lipinski definition) is 1. The molecule has 0 spiro atoms. The monoisotopic (exact) mass is 187 g/mol. The highest BCUT2D eigenvalue weighted by molar-refractivity contribution is 7.71. The predicted molar refractivity (Wildman–Crippen MR) is 48.6 cm³/mol. The zero-order valence-electron chi connectivity index (χ0n) is 7.28. The molecular formula is C7H13N3OS. The minimum Gasteiger partial charge on any atom is -0.380 e. The zero-order chi connectivity index (χ0) is 8.97. The second-order valence-electron chi connectivity index (χ2n) is 2.58. The number of nitrogens with zero attached hydrogens (tertiary/aromatic N) is 2. The smallest absolute Gasteiger partial charge is 0.195 e. The van der Waals surface area contributed by atoms with Gasteiger partial charge in [-0.2, -0.15) is 5.10 Å². The van der Waals surface area contributed by atoms with E-state index in [1.165, 1.54) is 0 Å². The summed E-state index contributed by atoms with van der Waals surface area (Å²) < 4.78 is 7.79. The van der Waals surface area contributed by atoms with E-state index < -0.39 is 0 Å². The van der Waals surface area contributed by atoms with Gasteiger partial charge in [-0.25, -0.2) is 0 Å². The van der Waals surface area contributed by atoms with Crippen molar-refractivity contribution in [2.75, 3.05) is 13.2 Å². The van der Waals surface area contributed by atoms with E-state index in [0.717, 1.165) is 6.61 Å². The van der Waals surface area contributed by atoms with Crippen molar-refractivity contribution in [2.24, 2.45) is 0 Å². The number of ether oxygens (including phenoxy) is 1. The number of nitrogens with one attached hydrogen (secondary N) is 1. The number of aromatic amines is 1. The average molecular weight is 187 g/mol. The molecule has 1 unspecified atom stereocenters. The Balaban J connectivity index is 2.59. The molecule has 0 fully saturated rings. The SMILES string of the molecule is CCOCC(C)n1cn[nH]c1=S. The van der Waals surface area contributed by atoms with Gasteiger partial charge in [-0.05, 0) is 26.1 Å². The Bertz CT molecular complexity index is 280. The molecule has 0 radical (unpaired) electrons. The van der Waals surface area contributed by atoms with E-state index in [4.69, 9.17) is 17.0 Å². The second kappa shape index (κ2) is 4.37. The Hall–Kier alpha value is -0.680. The molecule has 0 amide bonds. The topological polar surface area (TPSA) is 42.8 Å². The third-order valence-corrected chi connectivity index (χ3v) is 1.92. The van der Waals surface area contributed by atoms with E-state index in [-0.39, 0.29) is 6.04 Å². The minimum absolute atomic E-state index is 0.246. The normalized spacial score (nSPS) is 13.2. The quantitative estimate of drug-likeness (QED) is 0.727. The van der Waals surface area contributed by atoms with Crippen LogP contribution in [0.4, 0.5) is 0 Å². The highest BCUT2D eigenvalue weighted by atomic mass is 32.1. The van der Waals surface area contributed by atoms with Crippen LogP contribution < -0.4 is 0 Å². The number of rotatable bonds is 4. The van der Waals surface area contributed by atoms with Gasteiger partial charge in [-0.15, -0.1) is 0 Å². The van der Waals surface area contributed by atoms with Crippen molar-refractivity contribution in [3.05, 3.63) is 11.1 Å². The summed E-state index contributed by atoms with van der Waals surface area (Å²) in [5, 5.41) is 6.53. The highest BCUT2D eigenvalue weighted by Gasteiger charge is 2.04. The molecule has 0 aliphatic heterocycles. The molecule has 1 atom stereocenters. The highest BCUT2D eigenvalue weighted by Crippen LogP contribution is 2.04. The summed E-state index contributed by atoms with van der Waals surface area (Å²) in [4.78, 5) is 0. The van der Waals surface area contributed by atoms with Gasteiger partial charge in [0.2, 0.25) is 0 Å². The molecule has 0 aliphatic rings. The van der Waals surface area contributed by atoms with Gasteiger partial charge < -0.3 is 9.30 Å². The first kappa shape index (κ1) is 9.41. The fourth-order valence-corrected chi connectivity index (χ4v) is 1.22. The van der Waals surface area contributed by atoms with Gasteiger partial charge in [0.15, 0.2) is 4.77 Å². The first-order chi connectivity index (χ1) is 5.75. The van der Waals surface area contributed by atoms with Gasteiger partial charge in [0.25, 0.3) is 0 Å². The van der Waals surface area contributed by atoms with Crippen molar-refractivity contribution < 1.29 is 4.74 Å². The average Bonchev–Trinajstić information content (AvgIpc) is 2.47. The molecule has 0 saturated carbocycles. The lowest BCUT2D eigenvalue weighted by atomic mass is 10.4. The van der Waals surface area contributed by atoms with Gasteiger partial charge in [-0.3, -0.25) is 5.10 Å². The van der Waals surface area contributed by atoms with Crippen LogP contribution in [0.1, 0.15) is 19.9 Å². The van der Waals surface area contributed by atoms with Crippen molar-refractivity contribution >= 4 is 12.2 Å². The van der Waals surface area contributed by atoms with Crippen LogP contribution in [0.25, 0.3) is 0 Å². The summed E-state index contributed by atoms with van der Waals surface area (Å²) in [5.74, 6) is 0. The van der Waals surface area contributed by atoms with Crippen LogP contribution in [0.3, 0.4) is 0 Å². The van der Waals surface area contributed by atoms with Crippen molar-refractivity contribution in [3.63, 3.8) is 0 Å². The standard InChI is InChI=1S/C7H13N3OS/c1-3-11-4-6(2)10-5-8-9-7(10)12/h5-6H,3-4H2,1-2H3,(H,9,12). The maximum absolute atomic E-state index is 5.27. The maximum atomic E-state index is 5.27. The second-order valence-corrected chi connectivity index (χ2v) is 2.96. The van der Waals surface area contributed by atoms with Crippen molar-refractivity contribution in [2.45, 2.75) is 19.9 Å². The van der Waals surface area contributed by atoms with Crippen LogP contribution in [0.2, 0.25) is 0 Å². The van der Waals surface area contributed by atoms with Gasteiger partial charge >= 0.3 is 0 Å². The molecule has 1 aromatic heterocycles. The number of aromatic nitrogens is 3. The van der Waals surface area contributed by atoms with E-state index in [9.17, 15) is 0 Å². The molecule has 0 saturated heterocycles. The predicted octanol–water partition coefficient (Wildman–Crippen LogP) is 1.54. The van der Waals surface area contributed by atoms with Gasteiger partial charge in [0, 0.05) is 6.61 Å². The molecule has 0 bridgehead atoms. The van der Waals surface area contributed by atoms with E-state index in [1.807, 2.05) is 18.4 Å². The third kappa shape index (κ3) is 2.15. The van der Waals surface area contributed by atoms with Gasteiger partial charge in [0.1, 0.15) is 6.33 Å². The summed E-state index contributed by atoms with van der Waals surface area (Å²) >= 11 is 5.00. The van der Waals surface area contributed by atoms with Crippen LogP contribution in [0.15, 0.2) is 6.33 Å². The molecule has 1 aromatic rings. The Morgan fingerprint density at radius 3 is 3.08 bits per heavy atom. The largest absolute Gasteiger partial charge is 0.380 e. The Morgan fingerprint density at radius 2 is 2.58 bits per heavy atom. The molecule has 68 valence electrons. The summed E-state index contributed by atoms with van der Waals surface area (Å²) in [6.07, 6.45) is 1.69. The molecule has 12 heavy (non-hydrogen) atoms. The molecule has 5 heteroatoms. The molecule has 1 heterocycles. The summed E-state index contributed by atoms with van der Waals surface area (Å²) in [7, 11) is 0. The fraction of sp³-hybridized carbons (Fsp3) is 0.714. The van der Waals surface area contributed by atoms with Crippen molar-refractivity contribution in [1.29, 1.82) is 0 Å². The van der Waals surface area contributed by atoms with E-state index in [0.29, 0.717) is 11.4 Å². The lowest BCUT2D eigenvalue weighted by Gasteiger charge is -2.11. The summed E-state index contributed by atoms with van der Waals surface area (Å²) in [5.41, 5.74) is 0. The zero-order valence-corrected chi connectivity index (χ0v) is 8.10. The fourth-order valence-electron chi connectivity index (χ4n) is 0.939. The lowest BCUT2D eigenvalue weighted by molar-refractivity contribution is 0.118. The van der Waals surface area contributed by atoms with Crippen LogP contribution in [-0.2, 0) is 4.74 Å². The third-order valence-electron chi connectivity index (χ3n) is 1.61. The molecule has 1 N–H and O–H groups in total. The lowest BCUT2D eigenvalue weighted by Crippen LogP contribution is -2.11. The van der Waals surface area contributed by atoms with Gasteiger partial charge in [0.05, 0.1) is 12.6 Å². The van der Waals surface area contributed by atoms with E-state index in [2.05, 4.69) is 10.2 Å². The number of H-pyrrole nitrogens is 1. The first-order valence-corrected chi connectivity index (χ1v) is 4.35. The van der Waals surface area contributed by atoms with Crippen molar-refractivity contribution in [1.82, 2.24) is 14.8 Å². The van der Waals surface area contributed by atoms with Gasteiger partial charge in [-0.1, -0.05) is 0 Å².